The van der Waals surface area contributed by atoms with Crippen molar-refractivity contribution in [2.75, 3.05) is 26.2 Å². The van der Waals surface area contributed by atoms with Crippen LogP contribution in [0.5, 0.6) is 22.3 Å². The summed E-state index contributed by atoms with van der Waals surface area (Å²) in [6.45, 7) is 4.11. The number of hydrogen-bond acceptors (Lipinski definition) is 5. The van der Waals surface area contributed by atoms with Crippen molar-refractivity contribution in [3.63, 3.8) is 0 Å². The molecule has 0 aliphatic carbocycles. The van der Waals surface area contributed by atoms with Gasteiger partial charge in [-0.1, -0.05) is 11.3 Å². The highest BCUT2D eigenvalue weighted by molar-refractivity contribution is 7.20. The number of fused-ring (bicyclic) bond motifs is 1. The Kier molecular flexibility index (Phi) is 4.76. The summed E-state index contributed by atoms with van der Waals surface area (Å²) in [4.78, 5) is 2.44. The molecule has 1 aliphatic heterocycles. The number of likely N-dealkylation sites (tertiary alicyclic amines) is 1. The SMILES string of the molecule is Oc1ccc2cc(Oc3ccc(OCCN4CCCC4)cc3)sc2c1. The van der Waals surface area contributed by atoms with Gasteiger partial charge < -0.3 is 14.6 Å². The summed E-state index contributed by atoms with van der Waals surface area (Å²) in [6.07, 6.45) is 2.62. The van der Waals surface area contributed by atoms with E-state index in [4.69, 9.17) is 9.47 Å². The van der Waals surface area contributed by atoms with Crippen LogP contribution in [0.2, 0.25) is 0 Å². The van der Waals surface area contributed by atoms with Gasteiger partial charge in [-0.15, -0.1) is 0 Å². The molecule has 1 saturated heterocycles. The van der Waals surface area contributed by atoms with Crippen LogP contribution in [0, 0.1) is 0 Å². The second-order valence-corrected chi connectivity index (χ2v) is 7.30. The smallest absolute Gasteiger partial charge is 0.182 e. The number of hydrogen-bond donors (Lipinski definition) is 1. The first-order chi connectivity index (χ1) is 12.3. The third-order valence-electron chi connectivity index (χ3n) is 4.40. The molecule has 1 aromatic heterocycles. The first kappa shape index (κ1) is 16.2. The van der Waals surface area contributed by atoms with E-state index in [1.807, 2.05) is 36.4 Å². The standard InChI is InChI=1S/C20H21NO3S/c22-16-4-3-15-13-20(25-19(15)14-16)24-18-7-5-17(6-8-18)23-12-11-21-9-1-2-10-21/h3-8,13-14,22H,1-2,9-12H2. The van der Waals surface area contributed by atoms with Crippen molar-refractivity contribution < 1.29 is 14.6 Å². The molecule has 3 aromatic rings. The van der Waals surface area contributed by atoms with E-state index in [0.717, 1.165) is 39.8 Å². The molecular weight excluding hydrogens is 334 g/mol. The third kappa shape index (κ3) is 4.06. The summed E-state index contributed by atoms with van der Waals surface area (Å²) in [5, 5.41) is 11.4. The lowest BCUT2D eigenvalue weighted by Crippen LogP contribution is -2.25. The van der Waals surface area contributed by atoms with Crippen molar-refractivity contribution in [3.8, 4) is 22.3 Å². The van der Waals surface area contributed by atoms with Gasteiger partial charge in [-0.25, -0.2) is 0 Å². The second kappa shape index (κ2) is 7.33. The number of rotatable bonds is 6. The van der Waals surface area contributed by atoms with Crippen LogP contribution in [-0.2, 0) is 0 Å². The van der Waals surface area contributed by atoms with Gasteiger partial charge in [0.25, 0.3) is 0 Å². The van der Waals surface area contributed by atoms with Gasteiger partial charge in [-0.2, -0.15) is 0 Å². The predicted octanol–water partition coefficient (Wildman–Crippen LogP) is 4.87. The summed E-state index contributed by atoms with van der Waals surface area (Å²) in [6, 6.07) is 15.1. The van der Waals surface area contributed by atoms with Crippen LogP contribution in [-0.4, -0.2) is 36.2 Å². The maximum absolute atomic E-state index is 9.55. The highest BCUT2D eigenvalue weighted by atomic mass is 32.1. The summed E-state index contributed by atoms with van der Waals surface area (Å²) in [5.41, 5.74) is 0. The van der Waals surface area contributed by atoms with Crippen molar-refractivity contribution in [2.24, 2.45) is 0 Å². The molecule has 0 unspecified atom stereocenters. The largest absolute Gasteiger partial charge is 0.508 e. The molecule has 0 amide bonds. The van der Waals surface area contributed by atoms with E-state index >= 15 is 0 Å². The molecule has 1 aliphatic rings. The van der Waals surface area contributed by atoms with E-state index in [-0.39, 0.29) is 5.75 Å². The Bertz CT molecular complexity index is 838. The van der Waals surface area contributed by atoms with Crippen molar-refractivity contribution in [2.45, 2.75) is 12.8 Å². The van der Waals surface area contributed by atoms with E-state index in [0.29, 0.717) is 0 Å². The van der Waals surface area contributed by atoms with Crippen LogP contribution in [0.1, 0.15) is 12.8 Å². The first-order valence-electron chi connectivity index (χ1n) is 8.62. The zero-order chi connectivity index (χ0) is 17.1. The Morgan fingerprint density at radius 3 is 2.52 bits per heavy atom. The fourth-order valence-corrected chi connectivity index (χ4v) is 4.03. The van der Waals surface area contributed by atoms with Gasteiger partial charge in [0.2, 0.25) is 0 Å². The van der Waals surface area contributed by atoms with E-state index in [2.05, 4.69) is 4.90 Å². The van der Waals surface area contributed by atoms with E-state index in [1.54, 1.807) is 12.1 Å². The van der Waals surface area contributed by atoms with Crippen LogP contribution in [0.4, 0.5) is 0 Å². The lowest BCUT2D eigenvalue weighted by molar-refractivity contribution is 0.237. The fraction of sp³-hybridized carbons (Fsp3) is 0.300. The Morgan fingerprint density at radius 1 is 0.960 bits per heavy atom. The first-order valence-corrected chi connectivity index (χ1v) is 9.43. The average Bonchev–Trinajstić information content (AvgIpc) is 3.25. The summed E-state index contributed by atoms with van der Waals surface area (Å²) < 4.78 is 12.7. The lowest BCUT2D eigenvalue weighted by Gasteiger charge is -2.15. The molecule has 0 bridgehead atoms. The number of thiophene rings is 1. The summed E-state index contributed by atoms with van der Waals surface area (Å²) >= 11 is 1.52. The van der Waals surface area contributed by atoms with Crippen LogP contribution in [0.25, 0.3) is 10.1 Å². The van der Waals surface area contributed by atoms with Gasteiger partial charge in [0.05, 0.1) is 0 Å². The number of phenolic OH excluding ortho intramolecular Hbond substituents is 1. The Labute approximate surface area is 151 Å². The monoisotopic (exact) mass is 355 g/mol. The predicted molar refractivity (Wildman–Crippen MR) is 101 cm³/mol. The zero-order valence-electron chi connectivity index (χ0n) is 14.0. The minimum Gasteiger partial charge on any atom is -0.508 e. The Morgan fingerprint density at radius 2 is 1.72 bits per heavy atom. The molecule has 4 rings (SSSR count). The number of ether oxygens (including phenoxy) is 2. The van der Waals surface area contributed by atoms with Gasteiger partial charge >= 0.3 is 0 Å². The molecule has 130 valence electrons. The Hall–Kier alpha value is -2.24. The maximum atomic E-state index is 9.55. The number of aromatic hydroxyl groups is 1. The molecule has 2 heterocycles. The van der Waals surface area contributed by atoms with Gasteiger partial charge in [0.1, 0.15) is 23.9 Å². The van der Waals surface area contributed by atoms with Crippen molar-refractivity contribution in [3.05, 3.63) is 48.5 Å². The number of nitrogens with zero attached hydrogens (tertiary/aromatic N) is 1. The normalized spacial score (nSPS) is 14.9. The molecule has 0 spiro atoms. The maximum Gasteiger partial charge on any atom is 0.182 e. The molecule has 4 nitrogen and oxygen atoms in total. The van der Waals surface area contributed by atoms with Gasteiger partial charge in [-0.3, -0.25) is 4.90 Å². The molecule has 2 aromatic carbocycles. The van der Waals surface area contributed by atoms with Crippen LogP contribution in [0.15, 0.2) is 48.5 Å². The summed E-state index contributed by atoms with van der Waals surface area (Å²) in [5.74, 6) is 1.92. The average molecular weight is 355 g/mol. The Balaban J connectivity index is 1.34. The topological polar surface area (TPSA) is 41.9 Å². The van der Waals surface area contributed by atoms with Gasteiger partial charge in [0.15, 0.2) is 5.06 Å². The highest BCUT2D eigenvalue weighted by Gasteiger charge is 2.11. The van der Waals surface area contributed by atoms with Crippen molar-refractivity contribution in [1.82, 2.24) is 4.90 Å². The van der Waals surface area contributed by atoms with Gasteiger partial charge in [0, 0.05) is 17.3 Å². The molecule has 1 fully saturated rings. The minimum absolute atomic E-state index is 0.274. The molecule has 0 atom stereocenters. The summed E-state index contributed by atoms with van der Waals surface area (Å²) in [7, 11) is 0. The van der Waals surface area contributed by atoms with Crippen molar-refractivity contribution >= 4 is 21.4 Å². The second-order valence-electron chi connectivity index (χ2n) is 6.26. The van der Waals surface area contributed by atoms with Crippen LogP contribution in [0.3, 0.4) is 0 Å². The molecule has 0 radical (unpaired) electrons. The minimum atomic E-state index is 0.274. The van der Waals surface area contributed by atoms with E-state index in [9.17, 15) is 5.11 Å². The van der Waals surface area contributed by atoms with Crippen LogP contribution >= 0.6 is 11.3 Å². The zero-order valence-corrected chi connectivity index (χ0v) is 14.8. The van der Waals surface area contributed by atoms with Crippen LogP contribution < -0.4 is 9.47 Å². The quantitative estimate of drug-likeness (QED) is 0.685. The lowest BCUT2D eigenvalue weighted by atomic mass is 10.2. The highest BCUT2D eigenvalue weighted by Crippen LogP contribution is 2.36. The molecule has 1 N–H and O–H groups in total. The van der Waals surface area contributed by atoms with E-state index in [1.165, 1.54) is 37.3 Å². The number of phenols is 1. The molecule has 5 heteroatoms. The fourth-order valence-electron chi connectivity index (χ4n) is 3.06. The molecular formula is C20H21NO3S. The van der Waals surface area contributed by atoms with Crippen molar-refractivity contribution in [1.29, 1.82) is 0 Å². The third-order valence-corrected chi connectivity index (χ3v) is 5.37. The molecule has 25 heavy (non-hydrogen) atoms. The molecule has 0 saturated carbocycles. The number of benzene rings is 2. The van der Waals surface area contributed by atoms with E-state index < -0.39 is 0 Å². The van der Waals surface area contributed by atoms with Gasteiger partial charge in [-0.05, 0) is 73.8 Å².